The standard InChI is InChI=1S/C21H17FN4/c22-17-6-5-12(9-13(17)10-23)21-15-4-2-1-3-14(15)20-16(11-24)18(25)7-8-19(20)26-21/h5-9,11,24H,1-4,25H2. The second kappa shape index (κ2) is 6.23. The zero-order chi connectivity index (χ0) is 18.3. The van der Waals surface area contributed by atoms with Gasteiger partial charge in [-0.1, -0.05) is 0 Å². The second-order valence-corrected chi connectivity index (χ2v) is 6.54. The summed E-state index contributed by atoms with van der Waals surface area (Å²) in [6, 6.07) is 10.1. The van der Waals surface area contributed by atoms with Gasteiger partial charge in [0.2, 0.25) is 0 Å². The third kappa shape index (κ3) is 2.42. The molecule has 2 aromatic carbocycles. The van der Waals surface area contributed by atoms with Gasteiger partial charge in [0, 0.05) is 28.4 Å². The van der Waals surface area contributed by atoms with Crippen molar-refractivity contribution >= 4 is 22.8 Å². The van der Waals surface area contributed by atoms with Gasteiger partial charge in [0.15, 0.2) is 0 Å². The van der Waals surface area contributed by atoms with E-state index in [4.69, 9.17) is 21.4 Å². The molecule has 0 amide bonds. The van der Waals surface area contributed by atoms with E-state index in [9.17, 15) is 4.39 Å². The van der Waals surface area contributed by atoms with Gasteiger partial charge >= 0.3 is 0 Å². The lowest BCUT2D eigenvalue weighted by Gasteiger charge is -2.23. The molecule has 128 valence electrons. The first-order valence-corrected chi connectivity index (χ1v) is 8.58. The fourth-order valence-electron chi connectivity index (χ4n) is 3.82. The van der Waals surface area contributed by atoms with Crippen molar-refractivity contribution in [1.82, 2.24) is 4.98 Å². The van der Waals surface area contributed by atoms with Gasteiger partial charge in [-0.05, 0) is 67.1 Å². The SMILES string of the molecule is N#Cc1cc(-c2nc3ccc(N)c(C=N)c3c3c2CCCC3)ccc1F. The van der Waals surface area contributed by atoms with Crippen LogP contribution in [0.1, 0.15) is 35.1 Å². The van der Waals surface area contributed by atoms with Crippen molar-refractivity contribution in [3.8, 4) is 17.3 Å². The number of nitrogens with two attached hydrogens (primary N) is 1. The first-order chi connectivity index (χ1) is 12.6. The number of pyridine rings is 1. The molecule has 1 heterocycles. The Hall–Kier alpha value is -3.26. The van der Waals surface area contributed by atoms with Crippen LogP contribution in [0, 0.1) is 22.6 Å². The van der Waals surface area contributed by atoms with E-state index < -0.39 is 5.82 Å². The number of hydrogen-bond donors (Lipinski definition) is 2. The van der Waals surface area contributed by atoms with Crippen LogP contribution in [0.3, 0.4) is 0 Å². The van der Waals surface area contributed by atoms with Crippen LogP contribution in [0.15, 0.2) is 30.3 Å². The molecule has 0 spiro atoms. The highest BCUT2D eigenvalue weighted by Crippen LogP contribution is 2.37. The third-order valence-electron chi connectivity index (χ3n) is 5.05. The van der Waals surface area contributed by atoms with E-state index in [2.05, 4.69) is 0 Å². The van der Waals surface area contributed by atoms with E-state index in [1.807, 2.05) is 12.1 Å². The van der Waals surface area contributed by atoms with E-state index in [0.717, 1.165) is 53.4 Å². The number of nitrogen functional groups attached to an aromatic ring is 1. The quantitative estimate of drug-likeness (QED) is 0.534. The molecule has 0 aliphatic heterocycles. The minimum Gasteiger partial charge on any atom is -0.398 e. The number of hydrogen-bond acceptors (Lipinski definition) is 4. The summed E-state index contributed by atoms with van der Waals surface area (Å²) < 4.78 is 13.7. The van der Waals surface area contributed by atoms with Crippen molar-refractivity contribution in [2.24, 2.45) is 0 Å². The zero-order valence-corrected chi connectivity index (χ0v) is 14.1. The van der Waals surface area contributed by atoms with Crippen LogP contribution in [0.4, 0.5) is 10.1 Å². The molecule has 1 aliphatic carbocycles. The van der Waals surface area contributed by atoms with Gasteiger partial charge < -0.3 is 11.1 Å². The van der Waals surface area contributed by atoms with Crippen LogP contribution in [0.25, 0.3) is 22.2 Å². The first kappa shape index (κ1) is 16.2. The second-order valence-electron chi connectivity index (χ2n) is 6.54. The first-order valence-electron chi connectivity index (χ1n) is 8.58. The Kier molecular flexibility index (Phi) is 3.89. The van der Waals surface area contributed by atoms with E-state index >= 15 is 0 Å². The van der Waals surface area contributed by atoms with Gasteiger partial charge in [-0.3, -0.25) is 0 Å². The smallest absolute Gasteiger partial charge is 0.140 e. The van der Waals surface area contributed by atoms with Gasteiger partial charge in [0.05, 0.1) is 16.8 Å². The number of nitrogens with one attached hydrogen (secondary N) is 1. The molecule has 5 heteroatoms. The number of aromatic nitrogens is 1. The molecule has 0 atom stereocenters. The van der Waals surface area contributed by atoms with Crippen LogP contribution in [0.5, 0.6) is 0 Å². The Morgan fingerprint density at radius 2 is 1.92 bits per heavy atom. The minimum atomic E-state index is -0.523. The summed E-state index contributed by atoms with van der Waals surface area (Å²) in [4.78, 5) is 4.82. The van der Waals surface area contributed by atoms with E-state index in [1.54, 1.807) is 18.2 Å². The molecule has 0 bridgehead atoms. The summed E-state index contributed by atoms with van der Waals surface area (Å²) in [5.74, 6) is -0.523. The fraction of sp³-hybridized carbons (Fsp3) is 0.190. The molecular weight excluding hydrogens is 327 g/mol. The highest BCUT2D eigenvalue weighted by atomic mass is 19.1. The van der Waals surface area contributed by atoms with Crippen molar-refractivity contribution in [1.29, 1.82) is 10.7 Å². The minimum absolute atomic E-state index is 0.0199. The van der Waals surface area contributed by atoms with Gasteiger partial charge in [0.25, 0.3) is 0 Å². The summed E-state index contributed by atoms with van der Waals surface area (Å²) in [5.41, 5.74) is 12.0. The maximum absolute atomic E-state index is 13.7. The number of aryl methyl sites for hydroxylation is 1. The topological polar surface area (TPSA) is 86.6 Å². The van der Waals surface area contributed by atoms with Crippen LogP contribution < -0.4 is 5.73 Å². The Morgan fingerprint density at radius 1 is 1.15 bits per heavy atom. The molecule has 3 N–H and O–H groups in total. The van der Waals surface area contributed by atoms with Crippen molar-refractivity contribution in [3.63, 3.8) is 0 Å². The molecule has 0 saturated heterocycles. The molecule has 3 aromatic rings. The number of benzene rings is 2. The normalized spacial score (nSPS) is 13.2. The maximum atomic E-state index is 13.7. The average molecular weight is 344 g/mol. The number of nitriles is 1. The molecule has 4 nitrogen and oxygen atoms in total. The predicted molar refractivity (Wildman–Crippen MR) is 101 cm³/mol. The Balaban J connectivity index is 2.08. The van der Waals surface area contributed by atoms with Crippen LogP contribution in [-0.2, 0) is 12.8 Å². The van der Waals surface area contributed by atoms with Gasteiger partial charge in [-0.15, -0.1) is 0 Å². The molecule has 4 rings (SSSR count). The van der Waals surface area contributed by atoms with Gasteiger partial charge in [-0.2, -0.15) is 5.26 Å². The van der Waals surface area contributed by atoms with Gasteiger partial charge in [0.1, 0.15) is 11.9 Å². The summed E-state index contributed by atoms with van der Waals surface area (Å²) in [6.45, 7) is 0. The number of rotatable bonds is 2. The van der Waals surface area contributed by atoms with Crippen LogP contribution in [0.2, 0.25) is 0 Å². The Labute approximate surface area is 150 Å². The fourth-order valence-corrected chi connectivity index (χ4v) is 3.82. The number of nitrogens with zero attached hydrogens (tertiary/aromatic N) is 2. The molecule has 0 radical (unpaired) electrons. The molecule has 0 unspecified atom stereocenters. The molecule has 0 fully saturated rings. The highest BCUT2D eigenvalue weighted by molar-refractivity contribution is 6.05. The number of fused-ring (bicyclic) bond motifs is 3. The lowest BCUT2D eigenvalue weighted by atomic mass is 9.84. The molecule has 1 aromatic heterocycles. The molecule has 1 aliphatic rings. The summed E-state index contributed by atoms with van der Waals surface area (Å²) in [5, 5.41) is 17.9. The average Bonchev–Trinajstić information content (AvgIpc) is 2.68. The Bertz CT molecular complexity index is 1100. The lowest BCUT2D eigenvalue weighted by molar-refractivity contribution is 0.624. The summed E-state index contributed by atoms with van der Waals surface area (Å²) in [7, 11) is 0. The van der Waals surface area contributed by atoms with E-state index in [-0.39, 0.29) is 5.56 Å². The lowest BCUT2D eigenvalue weighted by Crippen LogP contribution is -2.10. The highest BCUT2D eigenvalue weighted by Gasteiger charge is 2.22. The largest absolute Gasteiger partial charge is 0.398 e. The van der Waals surface area contributed by atoms with Crippen LogP contribution in [-0.4, -0.2) is 11.2 Å². The number of halogens is 1. The summed E-state index contributed by atoms with van der Waals surface area (Å²) in [6.07, 6.45) is 5.20. The monoisotopic (exact) mass is 344 g/mol. The zero-order valence-electron chi connectivity index (χ0n) is 14.1. The summed E-state index contributed by atoms with van der Waals surface area (Å²) >= 11 is 0. The van der Waals surface area contributed by atoms with Crippen LogP contribution >= 0.6 is 0 Å². The van der Waals surface area contributed by atoms with Crippen molar-refractivity contribution in [2.75, 3.05) is 5.73 Å². The predicted octanol–water partition coefficient (Wildman–Crippen LogP) is 4.37. The molecular formula is C21H17FN4. The van der Waals surface area contributed by atoms with E-state index in [0.29, 0.717) is 11.3 Å². The molecule has 26 heavy (non-hydrogen) atoms. The Morgan fingerprint density at radius 3 is 2.65 bits per heavy atom. The van der Waals surface area contributed by atoms with Gasteiger partial charge in [-0.25, -0.2) is 9.37 Å². The molecule has 0 saturated carbocycles. The van der Waals surface area contributed by atoms with Crippen molar-refractivity contribution in [2.45, 2.75) is 25.7 Å². The maximum Gasteiger partial charge on any atom is 0.140 e. The third-order valence-corrected chi connectivity index (χ3v) is 5.05. The number of anilines is 1. The van der Waals surface area contributed by atoms with Crippen molar-refractivity contribution in [3.05, 3.63) is 58.4 Å². The van der Waals surface area contributed by atoms with Crippen molar-refractivity contribution < 1.29 is 4.39 Å². The van der Waals surface area contributed by atoms with E-state index in [1.165, 1.54) is 17.8 Å².